The minimum atomic E-state index is -4.84. The smallest absolute Gasteiger partial charge is 0.143 e. The summed E-state index contributed by atoms with van der Waals surface area (Å²) in [6.07, 6.45) is 0. The molecule has 0 aliphatic rings. The molecule has 4 aromatic carbocycles. The van der Waals surface area contributed by atoms with Crippen molar-refractivity contribution in [3.63, 3.8) is 0 Å². The summed E-state index contributed by atoms with van der Waals surface area (Å²) in [5.74, 6) is -2.30. The third-order valence-corrected chi connectivity index (χ3v) is 7.95. The minimum absolute atomic E-state index is 0.338. The molecule has 0 saturated heterocycles. The Hall–Kier alpha value is -2.92. The van der Waals surface area contributed by atoms with Crippen molar-refractivity contribution >= 4 is 34.0 Å². The Labute approximate surface area is 181 Å². The van der Waals surface area contributed by atoms with Crippen molar-refractivity contribution in [2.24, 2.45) is 0 Å². The van der Waals surface area contributed by atoms with Crippen molar-refractivity contribution in [1.82, 2.24) is 0 Å². The SMILES string of the molecule is O=S(=O)([O-])c1ccc(F)cc1F.c1ccc([PH+](c2ccccc2)c2ccccc2)cc1. The molecule has 0 unspecified atom stereocenters. The van der Waals surface area contributed by atoms with E-state index in [1.165, 1.54) is 15.9 Å². The highest BCUT2D eigenvalue weighted by Gasteiger charge is 2.24. The van der Waals surface area contributed by atoms with Crippen LogP contribution in [0.15, 0.2) is 114 Å². The standard InChI is InChI=1S/C18H15P.C6H4F2O3S/c1-4-10-16(11-5-1)19(17-12-6-2-7-13-17)18-14-8-3-9-15-18;7-4-1-2-6(5(8)3-4)12(9,10)11/h1-15H;1-3H,(H,9,10,11). The summed E-state index contributed by atoms with van der Waals surface area (Å²) in [4.78, 5) is -1.04. The second-order valence-electron chi connectivity index (χ2n) is 6.50. The maximum absolute atomic E-state index is 12.5. The van der Waals surface area contributed by atoms with Crippen molar-refractivity contribution < 1.29 is 21.8 Å². The van der Waals surface area contributed by atoms with E-state index in [-0.39, 0.29) is 0 Å². The van der Waals surface area contributed by atoms with Crippen LogP contribution >= 0.6 is 7.92 Å². The first-order chi connectivity index (χ1) is 14.9. The maximum atomic E-state index is 12.5. The summed E-state index contributed by atoms with van der Waals surface area (Å²) in [6, 6.07) is 34.1. The summed E-state index contributed by atoms with van der Waals surface area (Å²) in [5.41, 5.74) is 0. The van der Waals surface area contributed by atoms with Crippen molar-refractivity contribution in [1.29, 1.82) is 0 Å². The molecule has 0 heterocycles. The lowest BCUT2D eigenvalue weighted by atomic mass is 10.3. The second kappa shape index (κ2) is 10.4. The predicted octanol–water partition coefficient (Wildman–Crippen LogP) is 4.05. The van der Waals surface area contributed by atoms with E-state index in [1.54, 1.807) is 0 Å². The number of halogens is 2. The van der Waals surface area contributed by atoms with Gasteiger partial charge in [0.25, 0.3) is 0 Å². The van der Waals surface area contributed by atoms with Crippen molar-refractivity contribution in [2.45, 2.75) is 4.90 Å². The van der Waals surface area contributed by atoms with E-state index in [0.29, 0.717) is 18.2 Å². The monoisotopic (exact) mass is 456 g/mol. The molecule has 0 N–H and O–H groups in total. The lowest BCUT2D eigenvalue weighted by molar-refractivity contribution is 0.453. The van der Waals surface area contributed by atoms with Gasteiger partial charge in [0.2, 0.25) is 0 Å². The zero-order chi connectivity index (χ0) is 22.3. The van der Waals surface area contributed by atoms with Crippen LogP contribution in [0.5, 0.6) is 0 Å². The van der Waals surface area contributed by atoms with Crippen LogP contribution in [-0.4, -0.2) is 13.0 Å². The van der Waals surface area contributed by atoms with Crippen molar-refractivity contribution in [3.05, 3.63) is 121 Å². The third-order valence-electron chi connectivity index (χ3n) is 4.35. The van der Waals surface area contributed by atoms with Gasteiger partial charge >= 0.3 is 0 Å². The third kappa shape index (κ3) is 6.28. The lowest BCUT2D eigenvalue weighted by Gasteiger charge is -2.10. The van der Waals surface area contributed by atoms with Gasteiger partial charge in [-0.2, -0.15) is 0 Å². The van der Waals surface area contributed by atoms with Crippen molar-refractivity contribution in [2.75, 3.05) is 0 Å². The first kappa shape index (κ1) is 22.8. The van der Waals surface area contributed by atoms with E-state index in [1.807, 2.05) is 0 Å². The van der Waals surface area contributed by atoms with Gasteiger partial charge in [0.05, 0.1) is 12.8 Å². The first-order valence-corrected chi connectivity index (χ1v) is 12.2. The molecule has 158 valence electrons. The molecule has 0 saturated carbocycles. The second-order valence-corrected chi connectivity index (χ2v) is 10.3. The molecular weight excluding hydrogens is 437 g/mol. The van der Waals surface area contributed by atoms with E-state index >= 15 is 0 Å². The average molecular weight is 456 g/mol. The van der Waals surface area contributed by atoms with Gasteiger partial charge in [-0.05, 0) is 48.5 Å². The van der Waals surface area contributed by atoms with E-state index in [0.717, 1.165) is 0 Å². The van der Waals surface area contributed by atoms with Crippen LogP contribution in [0.1, 0.15) is 0 Å². The molecule has 3 nitrogen and oxygen atoms in total. The highest BCUT2D eigenvalue weighted by atomic mass is 32.2. The minimum Gasteiger partial charge on any atom is -0.744 e. The molecule has 4 aromatic rings. The van der Waals surface area contributed by atoms with Crippen LogP contribution in [0.3, 0.4) is 0 Å². The number of hydrogen-bond acceptors (Lipinski definition) is 3. The fourth-order valence-electron chi connectivity index (χ4n) is 2.99. The van der Waals surface area contributed by atoms with Crippen LogP contribution in [0.25, 0.3) is 0 Å². The predicted molar refractivity (Wildman–Crippen MR) is 121 cm³/mol. The molecule has 0 atom stereocenters. The number of rotatable bonds is 4. The van der Waals surface area contributed by atoms with E-state index in [4.69, 9.17) is 0 Å². The zero-order valence-corrected chi connectivity index (χ0v) is 18.1. The highest BCUT2D eigenvalue weighted by molar-refractivity contribution is 7.85. The number of benzene rings is 4. The van der Waals surface area contributed by atoms with Gasteiger partial charge < -0.3 is 4.55 Å². The molecule has 0 aliphatic heterocycles. The Bertz CT molecular complexity index is 1130. The Kier molecular flexibility index (Phi) is 7.64. The molecule has 0 aliphatic carbocycles. The van der Waals surface area contributed by atoms with Crippen LogP contribution in [0.2, 0.25) is 0 Å². The van der Waals surface area contributed by atoms with Gasteiger partial charge in [-0.15, -0.1) is 0 Å². The zero-order valence-electron chi connectivity index (χ0n) is 16.3. The molecule has 0 bridgehead atoms. The van der Waals surface area contributed by atoms with Gasteiger partial charge in [-0.3, -0.25) is 0 Å². The van der Waals surface area contributed by atoms with Gasteiger partial charge in [0.15, 0.2) is 0 Å². The molecule has 0 spiro atoms. The molecule has 0 amide bonds. The number of hydrogen-bond donors (Lipinski definition) is 0. The Morgan fingerprint density at radius 3 is 1.32 bits per heavy atom. The molecule has 0 aromatic heterocycles. The lowest BCUT2D eigenvalue weighted by Crippen LogP contribution is -2.20. The van der Waals surface area contributed by atoms with Gasteiger partial charge in [0, 0.05) is 6.07 Å². The van der Waals surface area contributed by atoms with Gasteiger partial charge in [0.1, 0.15) is 37.7 Å². The van der Waals surface area contributed by atoms with E-state index in [9.17, 15) is 21.8 Å². The fourth-order valence-corrected chi connectivity index (χ4v) is 6.10. The largest absolute Gasteiger partial charge is 0.744 e. The van der Waals surface area contributed by atoms with Crippen molar-refractivity contribution in [3.8, 4) is 0 Å². The molecule has 31 heavy (non-hydrogen) atoms. The Morgan fingerprint density at radius 1 is 0.613 bits per heavy atom. The quantitative estimate of drug-likeness (QED) is 0.344. The molecular formula is C24H19F2O3PS. The average Bonchev–Trinajstić information content (AvgIpc) is 2.76. The molecule has 0 radical (unpaired) electrons. The van der Waals surface area contributed by atoms with Crippen LogP contribution in [0, 0.1) is 11.6 Å². The Balaban J connectivity index is 0.000000196. The fraction of sp³-hybridized carbons (Fsp3) is 0. The summed E-state index contributed by atoms with van der Waals surface area (Å²) in [6.45, 7) is 0. The van der Waals surface area contributed by atoms with Crippen LogP contribution < -0.4 is 15.9 Å². The molecule has 4 rings (SSSR count). The van der Waals surface area contributed by atoms with E-state index in [2.05, 4.69) is 91.0 Å². The Morgan fingerprint density at radius 2 is 1.00 bits per heavy atom. The summed E-state index contributed by atoms with van der Waals surface area (Å²) >= 11 is 0. The first-order valence-electron chi connectivity index (χ1n) is 9.30. The maximum Gasteiger partial charge on any atom is 0.143 e. The summed E-state index contributed by atoms with van der Waals surface area (Å²) in [7, 11) is -5.72. The molecule has 7 heteroatoms. The van der Waals surface area contributed by atoms with Crippen LogP contribution in [-0.2, 0) is 10.1 Å². The normalized spacial score (nSPS) is 11.0. The topological polar surface area (TPSA) is 57.2 Å². The van der Waals surface area contributed by atoms with Gasteiger partial charge in [-0.1, -0.05) is 54.6 Å². The summed E-state index contributed by atoms with van der Waals surface area (Å²) in [5, 5.41) is 4.31. The van der Waals surface area contributed by atoms with Crippen LogP contribution in [0.4, 0.5) is 8.78 Å². The molecule has 0 fully saturated rings. The van der Waals surface area contributed by atoms with Gasteiger partial charge in [-0.25, -0.2) is 17.2 Å². The summed E-state index contributed by atoms with van der Waals surface area (Å²) < 4.78 is 55.5. The van der Waals surface area contributed by atoms with E-state index < -0.39 is 34.6 Å². The highest BCUT2D eigenvalue weighted by Crippen LogP contribution is 2.32.